The number of hydrogen-bond donors (Lipinski definition) is 2. The fourth-order valence-electron chi connectivity index (χ4n) is 2.82. The lowest BCUT2D eigenvalue weighted by Gasteiger charge is -2.18. The van der Waals surface area contributed by atoms with E-state index in [0.29, 0.717) is 22.2 Å². The van der Waals surface area contributed by atoms with Gasteiger partial charge < -0.3 is 15.5 Å². The van der Waals surface area contributed by atoms with Crippen LogP contribution < -0.4 is 11.1 Å². The molecular weight excluding hydrogens is 300 g/mol. The van der Waals surface area contributed by atoms with Crippen LogP contribution in [0.25, 0.3) is 0 Å². The average Bonchev–Trinajstić information content (AvgIpc) is 3.01. The molecule has 0 fully saturated rings. The van der Waals surface area contributed by atoms with Crippen LogP contribution in [0.4, 0.5) is 5.00 Å². The average molecular weight is 318 g/mol. The van der Waals surface area contributed by atoms with Gasteiger partial charge in [-0.25, -0.2) is 0 Å². The summed E-state index contributed by atoms with van der Waals surface area (Å²) in [6.07, 6.45) is 2.80. The summed E-state index contributed by atoms with van der Waals surface area (Å²) in [7, 11) is 0. The second-order valence-electron chi connectivity index (χ2n) is 5.78. The van der Waals surface area contributed by atoms with Gasteiger partial charge in [-0.15, -0.1) is 11.3 Å². The number of nitrogens with two attached hydrogens (primary N) is 1. The van der Waals surface area contributed by atoms with Crippen LogP contribution in [0, 0.1) is 12.8 Å². The molecule has 2 aromatic heterocycles. The minimum absolute atomic E-state index is 0.229. The molecule has 0 saturated carbocycles. The summed E-state index contributed by atoms with van der Waals surface area (Å²) in [6, 6.07) is 3.34. The first-order chi connectivity index (χ1) is 10.5. The van der Waals surface area contributed by atoms with Gasteiger partial charge in [-0.3, -0.25) is 9.59 Å². The number of anilines is 1. The van der Waals surface area contributed by atoms with Gasteiger partial charge >= 0.3 is 0 Å². The monoisotopic (exact) mass is 318 g/mol. The minimum Gasteiger partial charge on any atom is -0.456 e. The molecule has 1 aliphatic rings. The van der Waals surface area contributed by atoms with Crippen molar-refractivity contribution in [2.45, 2.75) is 33.1 Å². The molecule has 0 aliphatic heterocycles. The predicted molar refractivity (Wildman–Crippen MR) is 85.4 cm³/mol. The molecule has 0 aromatic carbocycles. The zero-order chi connectivity index (χ0) is 15.9. The van der Waals surface area contributed by atoms with Crippen LogP contribution in [0.2, 0.25) is 0 Å². The highest BCUT2D eigenvalue weighted by Gasteiger charge is 2.27. The molecule has 1 aliphatic carbocycles. The largest absolute Gasteiger partial charge is 0.456 e. The van der Waals surface area contributed by atoms with E-state index in [1.54, 1.807) is 19.1 Å². The lowest BCUT2D eigenvalue weighted by Crippen LogP contribution is -2.19. The molecule has 3 N–H and O–H groups in total. The predicted octanol–water partition coefficient (Wildman–Crippen LogP) is 3.13. The van der Waals surface area contributed by atoms with E-state index in [4.69, 9.17) is 10.2 Å². The number of furan rings is 1. The molecule has 1 atom stereocenters. The van der Waals surface area contributed by atoms with Crippen molar-refractivity contribution >= 4 is 28.2 Å². The lowest BCUT2D eigenvalue weighted by molar-refractivity contribution is 0.0996. The highest BCUT2D eigenvalue weighted by Crippen LogP contribution is 2.39. The molecule has 22 heavy (non-hydrogen) atoms. The molecular formula is C16H18N2O3S. The van der Waals surface area contributed by atoms with Crippen molar-refractivity contribution in [2.75, 3.05) is 5.32 Å². The SMILES string of the molecule is Cc1ccc(C(=O)Nc2sc3c(c2C(N)=O)CCC(C)C3)o1. The molecule has 0 bridgehead atoms. The standard InChI is InChI=1S/C16H18N2O3S/c1-8-3-5-10-12(7-8)22-16(13(10)14(17)19)18-15(20)11-6-4-9(2)21-11/h4,6,8H,3,5,7H2,1-2H3,(H2,17,19)(H,18,20). The number of carbonyl (C=O) groups excluding carboxylic acids is 2. The minimum atomic E-state index is -0.488. The Morgan fingerprint density at radius 1 is 1.41 bits per heavy atom. The van der Waals surface area contributed by atoms with Gasteiger partial charge in [-0.1, -0.05) is 6.92 Å². The van der Waals surface area contributed by atoms with Crippen molar-refractivity contribution < 1.29 is 14.0 Å². The Morgan fingerprint density at radius 2 is 2.18 bits per heavy atom. The molecule has 0 spiro atoms. The van der Waals surface area contributed by atoms with Crippen LogP contribution in [0.1, 0.15) is 50.5 Å². The van der Waals surface area contributed by atoms with Crippen molar-refractivity contribution in [3.63, 3.8) is 0 Å². The van der Waals surface area contributed by atoms with Gasteiger partial charge in [-0.2, -0.15) is 0 Å². The van der Waals surface area contributed by atoms with Crippen molar-refractivity contribution in [3.8, 4) is 0 Å². The number of amides is 2. The van der Waals surface area contributed by atoms with E-state index in [9.17, 15) is 9.59 Å². The van der Waals surface area contributed by atoms with Crippen LogP contribution in [0.3, 0.4) is 0 Å². The summed E-state index contributed by atoms with van der Waals surface area (Å²) in [4.78, 5) is 25.2. The summed E-state index contributed by atoms with van der Waals surface area (Å²) in [5.74, 6) is 0.635. The first-order valence-electron chi connectivity index (χ1n) is 7.28. The number of fused-ring (bicyclic) bond motifs is 1. The fourth-order valence-corrected chi connectivity index (χ4v) is 4.23. The molecule has 116 valence electrons. The number of rotatable bonds is 3. The summed E-state index contributed by atoms with van der Waals surface area (Å²) < 4.78 is 5.31. The van der Waals surface area contributed by atoms with Crippen LogP contribution in [-0.4, -0.2) is 11.8 Å². The third-order valence-corrected chi connectivity index (χ3v) is 5.12. The first kappa shape index (κ1) is 14.8. The third kappa shape index (κ3) is 2.66. The molecule has 0 radical (unpaired) electrons. The van der Waals surface area contributed by atoms with Crippen molar-refractivity contribution in [1.82, 2.24) is 0 Å². The van der Waals surface area contributed by atoms with E-state index in [2.05, 4.69) is 12.2 Å². The van der Waals surface area contributed by atoms with Crippen molar-refractivity contribution in [2.24, 2.45) is 11.7 Å². The Bertz CT molecular complexity index is 745. The second-order valence-corrected chi connectivity index (χ2v) is 6.89. The fraction of sp³-hybridized carbons (Fsp3) is 0.375. The highest BCUT2D eigenvalue weighted by atomic mass is 32.1. The summed E-state index contributed by atoms with van der Waals surface area (Å²) >= 11 is 1.45. The number of primary amides is 1. The number of nitrogens with one attached hydrogen (secondary N) is 1. The Balaban J connectivity index is 1.93. The van der Waals surface area contributed by atoms with E-state index in [1.807, 2.05) is 0 Å². The molecule has 1 unspecified atom stereocenters. The van der Waals surface area contributed by atoms with Crippen molar-refractivity contribution in [3.05, 3.63) is 39.7 Å². The maximum absolute atomic E-state index is 12.2. The maximum Gasteiger partial charge on any atom is 0.291 e. The number of hydrogen-bond acceptors (Lipinski definition) is 4. The summed E-state index contributed by atoms with van der Waals surface area (Å²) in [5, 5.41) is 3.31. The number of aryl methyl sites for hydroxylation is 1. The molecule has 5 nitrogen and oxygen atoms in total. The summed E-state index contributed by atoms with van der Waals surface area (Å²) in [5.41, 5.74) is 6.99. The lowest BCUT2D eigenvalue weighted by atomic mass is 9.88. The second kappa shape index (κ2) is 5.61. The molecule has 3 rings (SSSR count). The van der Waals surface area contributed by atoms with Gasteiger partial charge in [-0.05, 0) is 49.8 Å². The van der Waals surface area contributed by atoms with Gasteiger partial charge in [0.05, 0.1) is 5.56 Å². The van der Waals surface area contributed by atoms with E-state index >= 15 is 0 Å². The highest BCUT2D eigenvalue weighted by molar-refractivity contribution is 7.17. The first-order valence-corrected chi connectivity index (χ1v) is 8.09. The Morgan fingerprint density at radius 3 is 2.82 bits per heavy atom. The molecule has 0 saturated heterocycles. The smallest absolute Gasteiger partial charge is 0.291 e. The van der Waals surface area contributed by atoms with Gasteiger partial charge in [0.25, 0.3) is 11.8 Å². The Hall–Kier alpha value is -2.08. The zero-order valence-electron chi connectivity index (χ0n) is 12.6. The van der Waals surface area contributed by atoms with Gasteiger partial charge in [0.15, 0.2) is 5.76 Å². The van der Waals surface area contributed by atoms with E-state index in [1.165, 1.54) is 11.3 Å². The zero-order valence-corrected chi connectivity index (χ0v) is 13.4. The van der Waals surface area contributed by atoms with E-state index < -0.39 is 5.91 Å². The van der Waals surface area contributed by atoms with Gasteiger partial charge in [0, 0.05) is 4.88 Å². The summed E-state index contributed by atoms with van der Waals surface area (Å²) in [6.45, 7) is 3.97. The Kier molecular flexibility index (Phi) is 3.78. The number of thiophene rings is 1. The Labute approximate surface area is 132 Å². The molecule has 2 amide bonds. The topological polar surface area (TPSA) is 85.3 Å². The van der Waals surface area contributed by atoms with Crippen molar-refractivity contribution in [1.29, 1.82) is 0 Å². The van der Waals surface area contributed by atoms with Gasteiger partial charge in [0.2, 0.25) is 0 Å². The van der Waals surface area contributed by atoms with Crippen LogP contribution in [0.15, 0.2) is 16.5 Å². The quantitative estimate of drug-likeness (QED) is 0.911. The molecule has 6 heteroatoms. The van der Waals surface area contributed by atoms with E-state index in [0.717, 1.165) is 29.7 Å². The van der Waals surface area contributed by atoms with E-state index in [-0.39, 0.29) is 11.7 Å². The number of carbonyl (C=O) groups is 2. The normalized spacial score (nSPS) is 17.1. The third-order valence-electron chi connectivity index (χ3n) is 3.95. The maximum atomic E-state index is 12.2. The van der Waals surface area contributed by atoms with Crippen LogP contribution in [0.5, 0.6) is 0 Å². The molecule has 2 aromatic rings. The van der Waals surface area contributed by atoms with Gasteiger partial charge in [0.1, 0.15) is 10.8 Å². The molecule has 2 heterocycles. The van der Waals surface area contributed by atoms with Crippen LogP contribution in [-0.2, 0) is 12.8 Å². The van der Waals surface area contributed by atoms with Crippen LogP contribution >= 0.6 is 11.3 Å².